The Morgan fingerprint density at radius 3 is 2.36 bits per heavy atom. The smallest absolute Gasteiger partial charge is 0.151 e. The summed E-state index contributed by atoms with van der Waals surface area (Å²) in [5.74, 6) is 5.61. The topological polar surface area (TPSA) is 12.4 Å². The Labute approximate surface area is 135 Å². The molecule has 0 bridgehead atoms. The normalized spacial score (nSPS) is 9.59. The van der Waals surface area contributed by atoms with Crippen LogP contribution in [0.25, 0.3) is 0 Å². The fraction of sp³-hybridized carbons (Fsp3) is 0.211. The van der Waals surface area contributed by atoms with Gasteiger partial charge in [0.15, 0.2) is 5.82 Å². The van der Waals surface area contributed by atoms with Crippen molar-refractivity contribution in [3.63, 3.8) is 0 Å². The Morgan fingerprint density at radius 2 is 1.77 bits per heavy atom. The molecule has 2 aromatic rings. The van der Waals surface area contributed by atoms with Gasteiger partial charge in [0.1, 0.15) is 5.69 Å². The van der Waals surface area contributed by atoms with E-state index in [0.717, 1.165) is 18.4 Å². The molecular weight excluding hydrogens is 293 g/mol. The number of rotatable bonds is 3. The van der Waals surface area contributed by atoms with Gasteiger partial charge in [-0.15, -0.1) is 0 Å². The highest BCUT2D eigenvalue weighted by Crippen LogP contribution is 2.23. The summed E-state index contributed by atoms with van der Waals surface area (Å²) in [6.45, 7) is 3.93. The molecule has 0 unspecified atom stereocenters. The molecule has 0 spiro atoms. The Bertz CT molecular complexity index is 752. The van der Waals surface area contributed by atoms with Crippen LogP contribution in [0.4, 0.5) is 10.1 Å². The average molecular weight is 309 g/mol. The molecule has 0 fully saturated rings. The van der Waals surface area contributed by atoms with E-state index in [1.807, 2.05) is 12.1 Å². The molecule has 0 radical (unpaired) electrons. The van der Waals surface area contributed by atoms with Crippen LogP contribution >= 0.6 is 12.2 Å². The Hall–Kier alpha value is -2.27. The first kappa shape index (κ1) is 16.1. The molecule has 0 aliphatic heterocycles. The SMILES string of the molecule is CCCc1ccc(C#Cc2cc(C)c(N=C=S)c(F)c2)cc1. The maximum Gasteiger partial charge on any atom is 0.151 e. The average Bonchev–Trinajstić information content (AvgIpc) is 2.50. The molecule has 0 amide bonds. The number of halogens is 1. The summed E-state index contributed by atoms with van der Waals surface area (Å²) in [5.41, 5.74) is 3.76. The number of nitrogens with zero attached hydrogens (tertiary/aromatic N) is 1. The van der Waals surface area contributed by atoms with Crippen molar-refractivity contribution in [1.82, 2.24) is 0 Å². The van der Waals surface area contributed by atoms with E-state index < -0.39 is 5.82 Å². The van der Waals surface area contributed by atoms with Gasteiger partial charge >= 0.3 is 0 Å². The third kappa shape index (κ3) is 4.11. The van der Waals surface area contributed by atoms with Crippen LogP contribution in [0, 0.1) is 24.6 Å². The Balaban J connectivity index is 2.26. The van der Waals surface area contributed by atoms with Crippen molar-refractivity contribution in [3.8, 4) is 11.8 Å². The van der Waals surface area contributed by atoms with Gasteiger partial charge in [-0.25, -0.2) is 4.39 Å². The first-order valence-corrected chi connectivity index (χ1v) is 7.54. The largest absolute Gasteiger partial charge is 0.205 e. The Kier molecular flexibility index (Phi) is 5.61. The Morgan fingerprint density at radius 1 is 1.09 bits per heavy atom. The fourth-order valence-corrected chi connectivity index (χ4v) is 2.27. The third-order valence-corrected chi connectivity index (χ3v) is 3.35. The monoisotopic (exact) mass is 309 g/mol. The van der Waals surface area contributed by atoms with Crippen LogP contribution in [0.2, 0.25) is 0 Å². The van der Waals surface area contributed by atoms with Crippen LogP contribution in [0.3, 0.4) is 0 Å². The van der Waals surface area contributed by atoms with E-state index in [0.29, 0.717) is 11.1 Å². The van der Waals surface area contributed by atoms with Crippen LogP contribution < -0.4 is 0 Å². The molecular formula is C19H16FNS. The van der Waals surface area contributed by atoms with Crippen molar-refractivity contribution in [2.75, 3.05) is 0 Å². The number of hydrogen-bond donors (Lipinski definition) is 0. The van der Waals surface area contributed by atoms with Crippen molar-refractivity contribution in [1.29, 1.82) is 0 Å². The van der Waals surface area contributed by atoms with Gasteiger partial charge in [-0.05, 0) is 61.0 Å². The molecule has 0 saturated heterocycles. The van der Waals surface area contributed by atoms with Crippen LogP contribution in [0.15, 0.2) is 41.4 Å². The summed E-state index contributed by atoms with van der Waals surface area (Å²) in [4.78, 5) is 3.73. The van der Waals surface area contributed by atoms with Crippen molar-refractivity contribution in [2.24, 2.45) is 4.99 Å². The molecule has 0 N–H and O–H groups in total. The first-order chi connectivity index (χ1) is 10.6. The molecule has 0 heterocycles. The number of aryl methyl sites for hydroxylation is 2. The molecule has 0 saturated carbocycles. The maximum absolute atomic E-state index is 13.9. The van der Waals surface area contributed by atoms with Crippen LogP contribution in [-0.4, -0.2) is 5.16 Å². The fourth-order valence-electron chi connectivity index (χ4n) is 2.18. The zero-order valence-corrected chi connectivity index (χ0v) is 13.4. The zero-order chi connectivity index (χ0) is 15.9. The van der Waals surface area contributed by atoms with Crippen LogP contribution in [-0.2, 0) is 6.42 Å². The quantitative estimate of drug-likeness (QED) is 0.430. The number of hydrogen-bond acceptors (Lipinski definition) is 2. The van der Waals surface area contributed by atoms with Gasteiger partial charge in [-0.3, -0.25) is 0 Å². The lowest BCUT2D eigenvalue weighted by Crippen LogP contribution is -1.86. The number of aliphatic imine (C=N–C) groups is 1. The molecule has 0 aromatic heterocycles. The summed E-state index contributed by atoms with van der Waals surface area (Å²) < 4.78 is 13.9. The molecule has 0 atom stereocenters. The lowest BCUT2D eigenvalue weighted by atomic mass is 10.1. The molecule has 2 rings (SSSR count). The van der Waals surface area contributed by atoms with E-state index in [-0.39, 0.29) is 5.69 Å². The van der Waals surface area contributed by atoms with Gasteiger partial charge in [0.05, 0.1) is 5.16 Å². The van der Waals surface area contributed by atoms with E-state index in [1.165, 1.54) is 11.6 Å². The molecule has 0 aliphatic rings. The van der Waals surface area contributed by atoms with Crippen molar-refractivity contribution in [2.45, 2.75) is 26.7 Å². The van der Waals surface area contributed by atoms with Gasteiger partial charge in [0, 0.05) is 11.1 Å². The van der Waals surface area contributed by atoms with E-state index in [1.54, 1.807) is 13.0 Å². The molecule has 0 aliphatic carbocycles. The van der Waals surface area contributed by atoms with Crippen molar-refractivity contribution >= 4 is 23.1 Å². The standard InChI is InChI=1S/C19H16FNS/c1-3-4-15-5-7-16(8-6-15)9-10-17-11-14(2)19(21-13-22)18(20)12-17/h5-8,11-12H,3-4H2,1-2H3. The number of thiocarbonyl (C=S) groups is 1. The van der Waals surface area contributed by atoms with E-state index in [9.17, 15) is 4.39 Å². The molecule has 22 heavy (non-hydrogen) atoms. The predicted molar refractivity (Wildman–Crippen MR) is 92.2 cm³/mol. The second-order valence-corrected chi connectivity index (χ2v) is 5.21. The van der Waals surface area contributed by atoms with Gasteiger partial charge in [-0.1, -0.05) is 37.3 Å². The minimum Gasteiger partial charge on any atom is -0.205 e. The highest BCUT2D eigenvalue weighted by molar-refractivity contribution is 7.78. The van der Waals surface area contributed by atoms with Crippen molar-refractivity contribution in [3.05, 3.63) is 64.5 Å². The second kappa shape index (κ2) is 7.66. The zero-order valence-electron chi connectivity index (χ0n) is 12.6. The van der Waals surface area contributed by atoms with Crippen LogP contribution in [0.1, 0.15) is 35.6 Å². The summed E-state index contributed by atoms with van der Waals surface area (Å²) >= 11 is 4.52. The third-order valence-electron chi connectivity index (χ3n) is 3.26. The summed E-state index contributed by atoms with van der Waals surface area (Å²) in [7, 11) is 0. The predicted octanol–water partition coefficient (Wildman–Crippen LogP) is 5.22. The lowest BCUT2D eigenvalue weighted by Gasteiger charge is -2.01. The summed E-state index contributed by atoms with van der Waals surface area (Å²) in [6.07, 6.45) is 2.19. The summed E-state index contributed by atoms with van der Waals surface area (Å²) in [5, 5.41) is 2.19. The van der Waals surface area contributed by atoms with Crippen molar-refractivity contribution < 1.29 is 4.39 Å². The molecule has 3 heteroatoms. The minimum atomic E-state index is -0.431. The number of benzene rings is 2. The molecule has 1 nitrogen and oxygen atoms in total. The molecule has 2 aromatic carbocycles. The second-order valence-electron chi connectivity index (χ2n) is 5.02. The first-order valence-electron chi connectivity index (χ1n) is 7.13. The van der Waals surface area contributed by atoms with E-state index in [4.69, 9.17) is 0 Å². The van der Waals surface area contributed by atoms with Gasteiger partial charge < -0.3 is 0 Å². The summed E-state index contributed by atoms with van der Waals surface area (Å²) in [6, 6.07) is 11.3. The molecule has 110 valence electrons. The van der Waals surface area contributed by atoms with Crippen LogP contribution in [0.5, 0.6) is 0 Å². The minimum absolute atomic E-state index is 0.226. The highest BCUT2D eigenvalue weighted by Gasteiger charge is 2.05. The van der Waals surface area contributed by atoms with E-state index in [2.05, 4.69) is 53.3 Å². The van der Waals surface area contributed by atoms with Gasteiger partial charge in [0.2, 0.25) is 0 Å². The van der Waals surface area contributed by atoms with E-state index >= 15 is 0 Å². The lowest BCUT2D eigenvalue weighted by molar-refractivity contribution is 0.628. The number of isothiocyanates is 1. The highest BCUT2D eigenvalue weighted by atomic mass is 32.1. The maximum atomic E-state index is 13.9. The van der Waals surface area contributed by atoms with Gasteiger partial charge in [0.25, 0.3) is 0 Å². The van der Waals surface area contributed by atoms with Gasteiger partial charge in [-0.2, -0.15) is 4.99 Å².